The number of Topliss-reactive ketones (excluding diaryl/α,β-unsaturated/α-hetero) is 1. The summed E-state index contributed by atoms with van der Waals surface area (Å²) in [5.74, 6) is 0.0425. The molecule has 0 aliphatic carbocycles. The highest BCUT2D eigenvalue weighted by atomic mass is 32.3. The fourth-order valence-corrected chi connectivity index (χ4v) is 3.12. The van der Waals surface area contributed by atoms with Gasteiger partial charge in [-0.2, -0.15) is 8.42 Å². The number of benzene rings is 2. The highest BCUT2D eigenvalue weighted by Crippen LogP contribution is 2.15. The molecule has 0 saturated carbocycles. The third-order valence-electron chi connectivity index (χ3n) is 3.84. The van der Waals surface area contributed by atoms with E-state index in [1.807, 2.05) is 60.7 Å². The van der Waals surface area contributed by atoms with Crippen LogP contribution in [0.3, 0.4) is 0 Å². The molecule has 0 amide bonds. The summed E-state index contributed by atoms with van der Waals surface area (Å²) < 4.78 is 35.8. The van der Waals surface area contributed by atoms with Crippen LogP contribution >= 0.6 is 0 Å². The van der Waals surface area contributed by atoms with Gasteiger partial charge in [0.2, 0.25) is 0 Å². The second kappa shape index (κ2) is 9.46. The third-order valence-corrected chi connectivity index (χ3v) is 4.36. The molecule has 0 saturated heterocycles. The number of carbonyl (C=O) groups excluding carboxylic acids is 1. The molecule has 5 nitrogen and oxygen atoms in total. The molecule has 0 fully saturated rings. The lowest BCUT2D eigenvalue weighted by Crippen LogP contribution is -2.21. The van der Waals surface area contributed by atoms with Crippen molar-refractivity contribution in [2.45, 2.75) is 38.2 Å². The Morgan fingerprint density at radius 1 is 0.920 bits per heavy atom. The molecular weight excluding hydrogens is 340 g/mol. The quantitative estimate of drug-likeness (QED) is 0.655. The van der Waals surface area contributed by atoms with E-state index in [4.69, 9.17) is 8.74 Å². The molecule has 0 heterocycles. The topological polar surface area (TPSA) is 80.7 Å². The molecule has 0 radical (unpaired) electrons. The SMILES string of the molecule is O=C(CCc1ccccc1)CCC(Cc1ccccc1)OS(=O)(=O)O. The van der Waals surface area contributed by atoms with Gasteiger partial charge in [-0.15, -0.1) is 0 Å². The van der Waals surface area contributed by atoms with Crippen LogP contribution in [0.4, 0.5) is 0 Å². The van der Waals surface area contributed by atoms with Gasteiger partial charge in [-0.25, -0.2) is 4.18 Å². The smallest absolute Gasteiger partial charge is 0.300 e. The number of ketones is 1. The first kappa shape index (κ1) is 19.3. The lowest BCUT2D eigenvalue weighted by Gasteiger charge is -2.15. The normalized spacial score (nSPS) is 12.7. The van der Waals surface area contributed by atoms with E-state index in [0.717, 1.165) is 11.1 Å². The van der Waals surface area contributed by atoms with Crippen LogP contribution in [0, 0.1) is 0 Å². The molecule has 0 aliphatic rings. The molecule has 6 heteroatoms. The maximum atomic E-state index is 12.1. The summed E-state index contributed by atoms with van der Waals surface area (Å²) in [7, 11) is -4.56. The van der Waals surface area contributed by atoms with Gasteiger partial charge < -0.3 is 0 Å². The van der Waals surface area contributed by atoms with Crippen molar-refractivity contribution in [3.8, 4) is 0 Å². The molecule has 0 spiro atoms. The van der Waals surface area contributed by atoms with Crippen molar-refractivity contribution in [2.24, 2.45) is 0 Å². The van der Waals surface area contributed by atoms with Gasteiger partial charge in [0.15, 0.2) is 0 Å². The summed E-state index contributed by atoms with van der Waals surface area (Å²) in [5.41, 5.74) is 1.97. The summed E-state index contributed by atoms with van der Waals surface area (Å²) in [6.07, 6.45) is 1.04. The van der Waals surface area contributed by atoms with Gasteiger partial charge in [-0.05, 0) is 24.0 Å². The minimum absolute atomic E-state index is 0.0425. The largest absolute Gasteiger partial charge is 0.397 e. The van der Waals surface area contributed by atoms with Gasteiger partial charge >= 0.3 is 10.4 Å². The monoisotopic (exact) mass is 362 g/mol. The van der Waals surface area contributed by atoms with Crippen molar-refractivity contribution in [1.29, 1.82) is 0 Å². The van der Waals surface area contributed by atoms with E-state index in [0.29, 0.717) is 19.3 Å². The first-order valence-corrected chi connectivity index (χ1v) is 9.54. The number of hydrogen-bond acceptors (Lipinski definition) is 4. The molecule has 134 valence electrons. The lowest BCUT2D eigenvalue weighted by molar-refractivity contribution is -0.119. The van der Waals surface area contributed by atoms with Gasteiger partial charge in [0, 0.05) is 19.3 Å². The number of aryl methyl sites for hydroxylation is 1. The first-order chi connectivity index (χ1) is 11.9. The van der Waals surface area contributed by atoms with Crippen LogP contribution in [0.2, 0.25) is 0 Å². The first-order valence-electron chi connectivity index (χ1n) is 8.17. The second-order valence-corrected chi connectivity index (χ2v) is 6.95. The summed E-state index contributed by atoms with van der Waals surface area (Å²) in [6, 6.07) is 18.9. The van der Waals surface area contributed by atoms with Crippen LogP contribution in [-0.4, -0.2) is 24.9 Å². The zero-order chi connectivity index (χ0) is 18.1. The number of rotatable bonds is 10. The summed E-state index contributed by atoms with van der Waals surface area (Å²) in [5, 5.41) is 0. The summed E-state index contributed by atoms with van der Waals surface area (Å²) >= 11 is 0. The Kier molecular flexibility index (Phi) is 7.31. The molecule has 0 bridgehead atoms. The molecule has 0 aromatic heterocycles. The fraction of sp³-hybridized carbons (Fsp3) is 0.316. The van der Waals surface area contributed by atoms with E-state index in [1.165, 1.54) is 0 Å². The van der Waals surface area contributed by atoms with Crippen LogP contribution in [0.15, 0.2) is 60.7 Å². The van der Waals surface area contributed by atoms with Crippen LogP contribution < -0.4 is 0 Å². The van der Waals surface area contributed by atoms with Crippen LogP contribution in [-0.2, 0) is 32.2 Å². The van der Waals surface area contributed by atoms with Crippen molar-refractivity contribution in [3.63, 3.8) is 0 Å². The highest BCUT2D eigenvalue weighted by molar-refractivity contribution is 7.80. The van der Waals surface area contributed by atoms with Crippen molar-refractivity contribution in [2.75, 3.05) is 0 Å². The van der Waals surface area contributed by atoms with Crippen molar-refractivity contribution in [3.05, 3.63) is 71.8 Å². The molecule has 25 heavy (non-hydrogen) atoms. The lowest BCUT2D eigenvalue weighted by atomic mass is 10.0. The van der Waals surface area contributed by atoms with Gasteiger partial charge in [-0.3, -0.25) is 9.35 Å². The minimum atomic E-state index is -4.56. The summed E-state index contributed by atoms with van der Waals surface area (Å²) in [6.45, 7) is 0. The number of hydrogen-bond donors (Lipinski definition) is 1. The minimum Gasteiger partial charge on any atom is -0.300 e. The molecule has 1 unspecified atom stereocenters. The average molecular weight is 362 g/mol. The fourth-order valence-electron chi connectivity index (χ4n) is 2.61. The third kappa shape index (κ3) is 8.07. The Morgan fingerprint density at radius 3 is 2.04 bits per heavy atom. The van der Waals surface area contributed by atoms with Crippen molar-refractivity contribution < 1.29 is 21.9 Å². The van der Waals surface area contributed by atoms with E-state index in [2.05, 4.69) is 0 Å². The zero-order valence-corrected chi connectivity index (χ0v) is 14.7. The van der Waals surface area contributed by atoms with Crippen LogP contribution in [0.1, 0.15) is 30.4 Å². The molecule has 1 atom stereocenters. The molecule has 0 aliphatic heterocycles. The van der Waals surface area contributed by atoms with Gasteiger partial charge in [-0.1, -0.05) is 60.7 Å². The Bertz CT molecular complexity index is 757. The summed E-state index contributed by atoms with van der Waals surface area (Å²) in [4.78, 5) is 12.1. The Balaban J connectivity index is 1.86. The molecule has 2 aromatic rings. The van der Waals surface area contributed by atoms with Crippen molar-refractivity contribution in [1.82, 2.24) is 0 Å². The Labute approximate surface area is 148 Å². The predicted octanol–water partition coefficient (Wildman–Crippen LogP) is 3.40. The maximum absolute atomic E-state index is 12.1. The zero-order valence-electron chi connectivity index (χ0n) is 13.9. The second-order valence-electron chi connectivity index (χ2n) is 5.90. The van der Waals surface area contributed by atoms with Crippen LogP contribution in [0.25, 0.3) is 0 Å². The average Bonchev–Trinajstić information content (AvgIpc) is 2.58. The van der Waals surface area contributed by atoms with E-state index in [1.54, 1.807) is 0 Å². The van der Waals surface area contributed by atoms with E-state index >= 15 is 0 Å². The van der Waals surface area contributed by atoms with Gasteiger partial charge in [0.05, 0.1) is 6.10 Å². The van der Waals surface area contributed by atoms with E-state index < -0.39 is 16.5 Å². The Morgan fingerprint density at radius 2 is 1.48 bits per heavy atom. The van der Waals surface area contributed by atoms with Crippen LogP contribution in [0.5, 0.6) is 0 Å². The van der Waals surface area contributed by atoms with Crippen molar-refractivity contribution >= 4 is 16.2 Å². The number of carbonyl (C=O) groups is 1. The molecule has 2 aromatic carbocycles. The van der Waals surface area contributed by atoms with Gasteiger partial charge in [0.1, 0.15) is 5.78 Å². The van der Waals surface area contributed by atoms with E-state index in [9.17, 15) is 13.2 Å². The predicted molar refractivity (Wildman–Crippen MR) is 95.6 cm³/mol. The molecule has 2 rings (SSSR count). The maximum Gasteiger partial charge on any atom is 0.397 e. The molecule has 1 N–H and O–H groups in total. The van der Waals surface area contributed by atoms with E-state index in [-0.39, 0.29) is 18.6 Å². The van der Waals surface area contributed by atoms with Gasteiger partial charge in [0.25, 0.3) is 0 Å². The highest BCUT2D eigenvalue weighted by Gasteiger charge is 2.19. The molecular formula is C19H22O5S. The Hall–Kier alpha value is -2.02. The standard InChI is InChI=1S/C19H22O5S/c20-18(12-11-16-7-3-1-4-8-16)13-14-19(24-25(21,22)23)15-17-9-5-2-6-10-17/h1-10,19H,11-15H2,(H,21,22,23).